The minimum absolute atomic E-state index is 0.0293. The van der Waals surface area contributed by atoms with Crippen LogP contribution in [0.5, 0.6) is 0 Å². The van der Waals surface area contributed by atoms with Crippen LogP contribution >= 0.6 is 34.1 Å². The predicted octanol–water partition coefficient (Wildman–Crippen LogP) is 1.06. The molecule has 0 atom stereocenters. The van der Waals surface area contributed by atoms with Gasteiger partial charge in [-0.3, -0.25) is 9.36 Å². The molecule has 0 aliphatic rings. The standard InChI is InChI=1S/C8H7IN4OS/c1-5-7(15-12-11-5)3-13-4-10-2-6(9)8(13)14/h2,4H,3H2,1H3. The molecular formula is C8H7IN4OS. The first-order valence-electron chi connectivity index (χ1n) is 4.16. The molecule has 0 radical (unpaired) electrons. The molecule has 0 aliphatic carbocycles. The van der Waals surface area contributed by atoms with Crippen molar-refractivity contribution in [3.63, 3.8) is 0 Å². The summed E-state index contributed by atoms with van der Waals surface area (Å²) in [6.07, 6.45) is 3.08. The second-order valence-electron chi connectivity index (χ2n) is 2.96. The fraction of sp³-hybridized carbons (Fsp3) is 0.250. The topological polar surface area (TPSA) is 60.7 Å². The van der Waals surface area contributed by atoms with Crippen LogP contribution < -0.4 is 5.56 Å². The van der Waals surface area contributed by atoms with E-state index in [-0.39, 0.29) is 5.56 Å². The number of aryl methyl sites for hydroxylation is 1. The molecule has 7 heteroatoms. The van der Waals surface area contributed by atoms with Crippen molar-refractivity contribution < 1.29 is 0 Å². The summed E-state index contributed by atoms with van der Waals surface area (Å²) in [4.78, 5) is 16.6. The first-order valence-corrected chi connectivity index (χ1v) is 6.01. The second-order valence-corrected chi connectivity index (χ2v) is 4.96. The van der Waals surface area contributed by atoms with Crippen molar-refractivity contribution in [3.05, 3.63) is 37.0 Å². The zero-order valence-electron chi connectivity index (χ0n) is 7.85. The molecule has 2 heterocycles. The lowest BCUT2D eigenvalue weighted by atomic mass is 10.4. The van der Waals surface area contributed by atoms with Crippen molar-refractivity contribution in [2.24, 2.45) is 0 Å². The third-order valence-electron chi connectivity index (χ3n) is 1.92. The first kappa shape index (κ1) is 10.7. The number of nitrogens with zero attached hydrogens (tertiary/aromatic N) is 4. The van der Waals surface area contributed by atoms with E-state index in [4.69, 9.17) is 0 Å². The summed E-state index contributed by atoms with van der Waals surface area (Å²) in [5.41, 5.74) is 0.837. The summed E-state index contributed by atoms with van der Waals surface area (Å²) < 4.78 is 6.00. The summed E-state index contributed by atoms with van der Waals surface area (Å²) in [5, 5.41) is 3.90. The van der Waals surface area contributed by atoms with Gasteiger partial charge in [-0.25, -0.2) is 4.98 Å². The van der Waals surface area contributed by atoms with Crippen molar-refractivity contribution in [1.29, 1.82) is 0 Å². The molecule has 78 valence electrons. The summed E-state index contributed by atoms with van der Waals surface area (Å²) in [7, 11) is 0. The van der Waals surface area contributed by atoms with Crippen LogP contribution in [-0.4, -0.2) is 19.1 Å². The first-order chi connectivity index (χ1) is 7.18. The Kier molecular flexibility index (Phi) is 3.10. The van der Waals surface area contributed by atoms with Crippen molar-refractivity contribution in [2.45, 2.75) is 13.5 Å². The number of hydrogen-bond donors (Lipinski definition) is 0. The molecule has 0 bridgehead atoms. The number of halogens is 1. The lowest BCUT2D eigenvalue weighted by Crippen LogP contribution is -2.22. The average Bonchev–Trinajstić information content (AvgIpc) is 2.60. The molecule has 0 spiro atoms. The molecule has 0 N–H and O–H groups in total. The van der Waals surface area contributed by atoms with Crippen molar-refractivity contribution >= 4 is 34.1 Å². The maximum Gasteiger partial charge on any atom is 0.267 e. The van der Waals surface area contributed by atoms with Gasteiger partial charge in [0.25, 0.3) is 5.56 Å². The molecule has 0 saturated carbocycles. The molecule has 0 amide bonds. The SMILES string of the molecule is Cc1nnsc1Cn1cncc(I)c1=O. The van der Waals surface area contributed by atoms with Crippen LogP contribution in [0.1, 0.15) is 10.6 Å². The smallest absolute Gasteiger partial charge is 0.267 e. The third-order valence-corrected chi connectivity index (χ3v) is 3.47. The fourth-order valence-electron chi connectivity index (χ4n) is 1.09. The summed E-state index contributed by atoms with van der Waals surface area (Å²) >= 11 is 3.28. The molecule has 0 unspecified atom stereocenters. The predicted molar refractivity (Wildman–Crippen MR) is 65.0 cm³/mol. The molecule has 0 aromatic carbocycles. The van der Waals surface area contributed by atoms with Gasteiger partial charge in [0.2, 0.25) is 0 Å². The van der Waals surface area contributed by atoms with Gasteiger partial charge in [0.1, 0.15) is 0 Å². The van der Waals surface area contributed by atoms with Crippen LogP contribution in [0.25, 0.3) is 0 Å². The van der Waals surface area contributed by atoms with Gasteiger partial charge in [0.05, 0.1) is 27.0 Å². The van der Waals surface area contributed by atoms with Gasteiger partial charge in [-0.15, -0.1) is 5.10 Å². The van der Waals surface area contributed by atoms with E-state index >= 15 is 0 Å². The van der Waals surface area contributed by atoms with Gasteiger partial charge in [-0.2, -0.15) is 0 Å². The zero-order valence-corrected chi connectivity index (χ0v) is 10.8. The van der Waals surface area contributed by atoms with E-state index in [1.807, 2.05) is 29.5 Å². The summed E-state index contributed by atoms with van der Waals surface area (Å²) in [6.45, 7) is 2.37. The van der Waals surface area contributed by atoms with Crippen LogP contribution in [0.4, 0.5) is 0 Å². The zero-order chi connectivity index (χ0) is 10.8. The van der Waals surface area contributed by atoms with E-state index in [0.29, 0.717) is 10.1 Å². The minimum Gasteiger partial charge on any atom is -0.293 e. The highest BCUT2D eigenvalue weighted by atomic mass is 127. The number of hydrogen-bond acceptors (Lipinski definition) is 5. The molecular weight excluding hydrogens is 327 g/mol. The van der Waals surface area contributed by atoms with Crippen molar-refractivity contribution in [2.75, 3.05) is 0 Å². The van der Waals surface area contributed by atoms with E-state index in [9.17, 15) is 4.79 Å². The Labute approximate surface area is 103 Å². The lowest BCUT2D eigenvalue weighted by molar-refractivity contribution is 0.734. The highest BCUT2D eigenvalue weighted by Gasteiger charge is 2.06. The van der Waals surface area contributed by atoms with E-state index in [1.165, 1.54) is 17.9 Å². The molecule has 0 saturated heterocycles. The maximum absolute atomic E-state index is 11.7. The van der Waals surface area contributed by atoms with Crippen LogP contribution in [0.2, 0.25) is 0 Å². The van der Waals surface area contributed by atoms with Gasteiger partial charge in [-0.05, 0) is 41.0 Å². The van der Waals surface area contributed by atoms with Gasteiger partial charge < -0.3 is 0 Å². The highest BCUT2D eigenvalue weighted by molar-refractivity contribution is 14.1. The fourth-order valence-corrected chi connectivity index (χ4v) is 2.19. The van der Waals surface area contributed by atoms with E-state index in [0.717, 1.165) is 10.6 Å². The summed E-state index contributed by atoms with van der Waals surface area (Å²) in [5.74, 6) is 0. The van der Waals surface area contributed by atoms with E-state index in [2.05, 4.69) is 14.6 Å². The van der Waals surface area contributed by atoms with Crippen LogP contribution in [0, 0.1) is 10.5 Å². The van der Waals surface area contributed by atoms with Crippen molar-refractivity contribution in [1.82, 2.24) is 19.1 Å². The molecule has 2 rings (SSSR count). The Hall–Kier alpha value is -0.830. The molecule has 2 aromatic rings. The lowest BCUT2D eigenvalue weighted by Gasteiger charge is -2.02. The minimum atomic E-state index is -0.0293. The molecule has 2 aromatic heterocycles. The van der Waals surface area contributed by atoms with E-state index in [1.54, 1.807) is 10.8 Å². The van der Waals surface area contributed by atoms with Crippen LogP contribution in [0.3, 0.4) is 0 Å². The van der Waals surface area contributed by atoms with Gasteiger partial charge in [-0.1, -0.05) is 4.49 Å². The summed E-state index contributed by atoms with van der Waals surface area (Å²) in [6, 6.07) is 0. The Morgan fingerprint density at radius 1 is 1.60 bits per heavy atom. The second kappa shape index (κ2) is 4.35. The van der Waals surface area contributed by atoms with Gasteiger partial charge in [0.15, 0.2) is 0 Å². The molecule has 5 nitrogen and oxygen atoms in total. The Morgan fingerprint density at radius 2 is 2.40 bits per heavy atom. The molecule has 0 fully saturated rings. The monoisotopic (exact) mass is 334 g/mol. The van der Waals surface area contributed by atoms with Gasteiger partial charge >= 0.3 is 0 Å². The maximum atomic E-state index is 11.7. The third kappa shape index (κ3) is 2.23. The van der Waals surface area contributed by atoms with E-state index < -0.39 is 0 Å². The Bertz CT molecular complexity index is 535. The van der Waals surface area contributed by atoms with Crippen LogP contribution in [0.15, 0.2) is 17.3 Å². The van der Waals surface area contributed by atoms with Crippen molar-refractivity contribution in [3.8, 4) is 0 Å². The Morgan fingerprint density at radius 3 is 3.07 bits per heavy atom. The van der Waals surface area contributed by atoms with Gasteiger partial charge in [0, 0.05) is 6.20 Å². The highest BCUT2D eigenvalue weighted by Crippen LogP contribution is 2.09. The number of rotatable bonds is 2. The molecule has 15 heavy (non-hydrogen) atoms. The number of aromatic nitrogens is 4. The largest absolute Gasteiger partial charge is 0.293 e. The quantitative estimate of drug-likeness (QED) is 0.771. The average molecular weight is 334 g/mol. The molecule has 0 aliphatic heterocycles. The normalized spacial score (nSPS) is 10.5. The Balaban J connectivity index is 2.37. The van der Waals surface area contributed by atoms with Crippen LogP contribution in [-0.2, 0) is 6.54 Å².